The van der Waals surface area contributed by atoms with E-state index in [0.717, 1.165) is 127 Å². The molecular weight excluding hydrogens is 1140 g/mol. The van der Waals surface area contributed by atoms with Gasteiger partial charge in [-0.3, -0.25) is 43.0 Å². The number of aromatic hydroxyl groups is 1. The fraction of sp³-hybridized carbons (Fsp3) is 0.203. The smallest absolute Gasteiger partial charge is 0.209 e. The van der Waals surface area contributed by atoms with E-state index in [1.165, 1.54) is 41.6 Å². The molecule has 5 aromatic carbocycles. The summed E-state index contributed by atoms with van der Waals surface area (Å²) in [6.45, 7) is 11.2. The average molecular weight is 1220 g/mol. The van der Waals surface area contributed by atoms with E-state index in [0.29, 0.717) is 54.9 Å². The van der Waals surface area contributed by atoms with Gasteiger partial charge in [-0.2, -0.15) is 5.10 Å². The second-order valence-corrected chi connectivity index (χ2v) is 19.1. The van der Waals surface area contributed by atoms with Gasteiger partial charge in [0.25, 0.3) is 0 Å². The minimum atomic E-state index is 0.181. The van der Waals surface area contributed by atoms with Gasteiger partial charge >= 0.3 is 0 Å². The normalized spacial score (nSPS) is 10.1. The summed E-state index contributed by atoms with van der Waals surface area (Å²) in [4.78, 5) is 105. The van der Waals surface area contributed by atoms with Crippen LogP contribution in [0.5, 0.6) is 5.75 Å². The largest absolute Gasteiger partial charge is 0.508 e. The molecule has 5 heterocycles. The van der Waals surface area contributed by atoms with Crippen LogP contribution in [0.1, 0.15) is 114 Å². The number of carbonyl (C=O) groups is 10. The molecule has 462 valence electrons. The molecule has 18 nitrogen and oxygen atoms in total. The lowest BCUT2D eigenvalue weighted by atomic mass is 10.1. The third-order valence-corrected chi connectivity index (χ3v) is 12.1. The van der Waals surface area contributed by atoms with Gasteiger partial charge in [0, 0.05) is 68.9 Å². The van der Waals surface area contributed by atoms with E-state index in [-0.39, 0.29) is 5.75 Å². The van der Waals surface area contributed by atoms with Crippen molar-refractivity contribution in [3.8, 4) is 5.75 Å². The number of aromatic nitrogens is 2. The molecule has 9 aromatic rings. The molecule has 0 radical (unpaired) electrons. The van der Waals surface area contributed by atoms with Crippen molar-refractivity contribution >= 4 is 80.0 Å². The van der Waals surface area contributed by atoms with Crippen LogP contribution in [0.2, 0.25) is 0 Å². The molecule has 0 bridgehead atoms. The lowest BCUT2D eigenvalue weighted by Gasteiger charge is -2.21. The van der Waals surface area contributed by atoms with Crippen molar-refractivity contribution in [2.75, 3.05) is 45.3 Å². The molecule has 1 N–H and O–H groups in total. The summed E-state index contributed by atoms with van der Waals surface area (Å²) < 4.78 is 16.3. The standard InChI is InChI=1S/C9H11NO.C9H10O.C8H8O.C7H10N2O.C7H8O2.C7H6O2.C7H6O.C5H9NO2.C5H4O2.C5H4OS/c1-10(2)9-5-3-8(7-11)4-6-9;10-8-4-7-9-5-2-1-3-6-9;9-7-6-8-4-2-1-3-5-8;1-3-9-7(5-10)4-6(2)8-9;1-5-3-7(4-8)9-6(5)2;8-5-6-1-3-7(9)4-2-6;8-6-7-4-2-1-3-5-7;7-5-6-1-3-8-4-2-6;6-3-5-1-2-7-4-5;6-4-5-2-1-3-7-5/h3-7H,1-2H3;1-3,5-6,8H,4,7H2;1-5,7H,6H2;4-5H,3H2,1-2H3;3-4H,1-2H3;1-5,9H;1-6H;5H,1-4H2;2*1-4H. The number of phenolic OH excluding ortho intramolecular Hbond substituents is 1. The van der Waals surface area contributed by atoms with E-state index in [2.05, 4.69) is 9.52 Å². The number of hydrogen-bond donors (Lipinski definition) is 1. The Morgan fingerprint density at radius 3 is 1.48 bits per heavy atom. The number of ether oxygens (including phenoxy) is 1. The lowest BCUT2D eigenvalue weighted by molar-refractivity contribution is -0.121. The Balaban J connectivity index is 0.000000490. The summed E-state index contributed by atoms with van der Waals surface area (Å²) in [5.41, 5.74) is 8.59. The number of rotatable bonds is 15. The molecule has 1 saturated heterocycles. The van der Waals surface area contributed by atoms with Crippen LogP contribution >= 0.6 is 11.3 Å². The maximum absolute atomic E-state index is 10.3. The van der Waals surface area contributed by atoms with E-state index in [1.807, 2.05) is 161 Å². The van der Waals surface area contributed by atoms with Crippen LogP contribution in [0.4, 0.5) is 5.69 Å². The minimum absolute atomic E-state index is 0.181. The van der Waals surface area contributed by atoms with Crippen molar-refractivity contribution in [1.82, 2.24) is 14.7 Å². The van der Waals surface area contributed by atoms with Crippen molar-refractivity contribution in [2.24, 2.45) is 0 Å². The van der Waals surface area contributed by atoms with E-state index < -0.39 is 0 Å². The predicted molar refractivity (Wildman–Crippen MR) is 342 cm³/mol. The van der Waals surface area contributed by atoms with Crippen LogP contribution in [0.3, 0.4) is 0 Å². The van der Waals surface area contributed by atoms with E-state index in [1.54, 1.807) is 58.1 Å². The Kier molecular flexibility index (Phi) is 42.1. The summed E-state index contributed by atoms with van der Waals surface area (Å²) in [6.07, 6.45) is 13.1. The maximum Gasteiger partial charge on any atom is 0.209 e. The van der Waals surface area contributed by atoms with Gasteiger partial charge in [0.1, 0.15) is 54.9 Å². The van der Waals surface area contributed by atoms with Gasteiger partial charge in [-0.1, -0.05) is 97.1 Å². The van der Waals surface area contributed by atoms with Crippen LogP contribution in [-0.4, -0.2) is 123 Å². The summed E-state index contributed by atoms with van der Waals surface area (Å²) in [5.74, 6) is 1.41. The van der Waals surface area contributed by atoms with Crippen LogP contribution in [0.15, 0.2) is 197 Å². The molecule has 88 heavy (non-hydrogen) atoms. The fourth-order valence-electron chi connectivity index (χ4n) is 6.47. The second-order valence-electron chi connectivity index (χ2n) is 18.1. The first-order chi connectivity index (χ1) is 42.7. The SMILES string of the molecule is CCn1nc(C)cc1C=O.CN(C)c1ccc(C=O)cc1.Cc1cc(C=O)oc1C.O=CCCc1ccccc1.O=CCc1ccccc1.O=CN1CCOCC1.O=Cc1ccc(O)cc1.O=Cc1ccccc1.O=Cc1cccs1.O=Cc1ccoc1. The molecule has 4 aromatic heterocycles. The Morgan fingerprint density at radius 2 is 1.12 bits per heavy atom. The molecule has 19 heteroatoms. The number of aryl methyl sites for hydroxylation is 5. The zero-order chi connectivity index (χ0) is 65.0. The van der Waals surface area contributed by atoms with Crippen LogP contribution in [0.25, 0.3) is 0 Å². The van der Waals surface area contributed by atoms with Gasteiger partial charge < -0.3 is 38.1 Å². The number of benzene rings is 5. The monoisotopic (exact) mass is 1220 g/mol. The minimum Gasteiger partial charge on any atom is -0.508 e. The Morgan fingerprint density at radius 1 is 0.580 bits per heavy atom. The lowest BCUT2D eigenvalue weighted by Crippen LogP contribution is -2.34. The van der Waals surface area contributed by atoms with E-state index in [9.17, 15) is 47.9 Å². The molecule has 0 saturated carbocycles. The van der Waals surface area contributed by atoms with E-state index >= 15 is 0 Å². The summed E-state index contributed by atoms with van der Waals surface area (Å²) >= 11 is 1.45. The first-order valence-electron chi connectivity index (χ1n) is 27.3. The molecule has 1 aliphatic heterocycles. The molecule has 0 aliphatic carbocycles. The molecule has 0 unspecified atom stereocenters. The first-order valence-corrected chi connectivity index (χ1v) is 28.2. The number of morpholine rings is 1. The molecule has 1 amide bonds. The number of hydrogen-bond acceptors (Lipinski definition) is 17. The van der Waals surface area contributed by atoms with Crippen molar-refractivity contribution in [1.29, 1.82) is 0 Å². The zero-order valence-electron chi connectivity index (χ0n) is 50.3. The van der Waals surface area contributed by atoms with Gasteiger partial charge in [-0.05, 0) is 129 Å². The molecule has 1 aliphatic rings. The highest BCUT2D eigenvalue weighted by Gasteiger charge is 2.05. The molecular formula is C69H76N4O14S. The second kappa shape index (κ2) is 48.9. The Bertz CT molecular complexity index is 3210. The summed E-state index contributed by atoms with van der Waals surface area (Å²) in [6, 6.07) is 51.1. The zero-order valence-corrected chi connectivity index (χ0v) is 51.1. The molecule has 1 fully saturated rings. The van der Waals surface area contributed by atoms with Crippen molar-refractivity contribution < 1.29 is 66.6 Å². The number of amides is 1. The third-order valence-electron chi connectivity index (χ3n) is 11.3. The number of anilines is 1. The fourth-order valence-corrected chi connectivity index (χ4v) is 7.00. The van der Waals surface area contributed by atoms with Gasteiger partial charge in [0.05, 0.1) is 35.6 Å². The summed E-state index contributed by atoms with van der Waals surface area (Å²) in [5, 5.41) is 14.7. The van der Waals surface area contributed by atoms with Crippen molar-refractivity contribution in [3.63, 3.8) is 0 Å². The summed E-state index contributed by atoms with van der Waals surface area (Å²) in [7, 11) is 3.94. The van der Waals surface area contributed by atoms with Gasteiger partial charge in [0.2, 0.25) is 6.41 Å². The Hall–Kier alpha value is -10.4. The van der Waals surface area contributed by atoms with Crippen molar-refractivity contribution in [3.05, 3.63) is 254 Å². The number of furan rings is 2. The number of thiophene rings is 1. The van der Waals surface area contributed by atoms with Gasteiger partial charge in [-0.15, -0.1) is 11.3 Å². The quantitative estimate of drug-likeness (QED) is 0.0937. The Labute approximate surface area is 518 Å². The van der Waals surface area contributed by atoms with Gasteiger partial charge in [-0.25, -0.2) is 0 Å². The number of phenols is 1. The number of aldehydes is 9. The molecule has 0 atom stereocenters. The van der Waals surface area contributed by atoms with Crippen molar-refractivity contribution in [2.45, 2.75) is 53.5 Å². The predicted octanol–water partition coefficient (Wildman–Crippen LogP) is 12.4. The highest BCUT2D eigenvalue weighted by molar-refractivity contribution is 7.11. The highest BCUT2D eigenvalue weighted by atomic mass is 32.1. The van der Waals surface area contributed by atoms with Crippen LogP contribution < -0.4 is 4.90 Å². The number of nitrogens with zero attached hydrogens (tertiary/aromatic N) is 4. The molecule has 0 spiro atoms. The van der Waals surface area contributed by atoms with E-state index in [4.69, 9.17) is 14.3 Å². The van der Waals surface area contributed by atoms with Gasteiger partial charge in [0.15, 0.2) is 30.9 Å². The maximum atomic E-state index is 10.3. The highest BCUT2D eigenvalue weighted by Crippen LogP contribution is 2.12. The number of carbonyl (C=O) groups excluding carboxylic acids is 10. The first kappa shape index (κ1) is 75.6. The van der Waals surface area contributed by atoms with Crippen LogP contribution in [-0.2, 0) is 38.5 Å². The molecule has 10 rings (SSSR count). The van der Waals surface area contributed by atoms with Crippen LogP contribution in [0, 0.1) is 20.8 Å². The topological polar surface area (TPSA) is 251 Å². The average Bonchev–Trinajstić information content (AvgIpc) is 4.52. The third kappa shape index (κ3) is 35.7.